The maximum absolute atomic E-state index is 11.4. The minimum absolute atomic E-state index is 0.0988. The van der Waals surface area contributed by atoms with Crippen LogP contribution in [0.2, 0.25) is 0 Å². The number of rotatable bonds is 4. The van der Waals surface area contributed by atoms with Crippen molar-refractivity contribution in [1.82, 2.24) is 5.32 Å². The molecular formula is C8H14N2O4S. The van der Waals surface area contributed by atoms with Crippen LogP contribution < -0.4 is 11.1 Å². The van der Waals surface area contributed by atoms with Crippen molar-refractivity contribution in [2.75, 3.05) is 19.5 Å². The summed E-state index contributed by atoms with van der Waals surface area (Å²) >= 11 is 0. The van der Waals surface area contributed by atoms with Gasteiger partial charge in [0.1, 0.15) is 6.04 Å². The third kappa shape index (κ3) is 3.61. The van der Waals surface area contributed by atoms with E-state index in [9.17, 15) is 13.2 Å². The SMILES string of the molecule is COCC(N)C(=O)NC1C=CS(=O)(=O)C1. The number of hydrogen-bond acceptors (Lipinski definition) is 5. The molecule has 0 aromatic heterocycles. The average Bonchev–Trinajstić information content (AvgIpc) is 2.46. The Hall–Kier alpha value is -0.920. The van der Waals surface area contributed by atoms with Gasteiger partial charge in [-0.25, -0.2) is 8.42 Å². The summed E-state index contributed by atoms with van der Waals surface area (Å²) in [5.41, 5.74) is 5.46. The van der Waals surface area contributed by atoms with E-state index in [4.69, 9.17) is 10.5 Å². The number of hydrogen-bond donors (Lipinski definition) is 2. The molecular weight excluding hydrogens is 220 g/mol. The molecule has 2 unspecified atom stereocenters. The molecule has 0 radical (unpaired) electrons. The number of ether oxygens (including phenoxy) is 1. The highest BCUT2D eigenvalue weighted by molar-refractivity contribution is 7.94. The first-order valence-corrected chi connectivity index (χ1v) is 6.12. The Morgan fingerprint density at radius 2 is 2.40 bits per heavy atom. The Morgan fingerprint density at radius 1 is 1.73 bits per heavy atom. The monoisotopic (exact) mass is 234 g/mol. The molecule has 0 bridgehead atoms. The quantitative estimate of drug-likeness (QED) is 0.609. The van der Waals surface area contributed by atoms with Gasteiger partial charge in [0.25, 0.3) is 0 Å². The molecule has 0 saturated heterocycles. The summed E-state index contributed by atoms with van der Waals surface area (Å²) in [5, 5.41) is 3.61. The molecule has 7 heteroatoms. The van der Waals surface area contributed by atoms with Gasteiger partial charge in [-0.15, -0.1) is 0 Å². The second-order valence-electron chi connectivity index (χ2n) is 3.33. The molecule has 1 aliphatic heterocycles. The van der Waals surface area contributed by atoms with Gasteiger partial charge in [0, 0.05) is 12.5 Å². The number of carbonyl (C=O) groups excluding carboxylic acids is 1. The van der Waals surface area contributed by atoms with E-state index < -0.39 is 27.8 Å². The molecule has 86 valence electrons. The molecule has 1 rings (SSSR count). The van der Waals surface area contributed by atoms with Crippen LogP contribution in [0, 0.1) is 0 Å². The number of carbonyl (C=O) groups is 1. The molecule has 6 nitrogen and oxygen atoms in total. The zero-order chi connectivity index (χ0) is 11.5. The number of methoxy groups -OCH3 is 1. The van der Waals surface area contributed by atoms with E-state index in [0.29, 0.717) is 0 Å². The van der Waals surface area contributed by atoms with Gasteiger partial charge in [0.05, 0.1) is 18.4 Å². The smallest absolute Gasteiger partial charge is 0.239 e. The van der Waals surface area contributed by atoms with E-state index >= 15 is 0 Å². The summed E-state index contributed by atoms with van der Waals surface area (Å²) in [5.74, 6) is -0.512. The third-order valence-corrected chi connectivity index (χ3v) is 3.34. The molecule has 2 atom stereocenters. The van der Waals surface area contributed by atoms with Crippen LogP contribution in [0.1, 0.15) is 0 Å². The fourth-order valence-corrected chi connectivity index (χ4v) is 2.45. The van der Waals surface area contributed by atoms with Crippen molar-refractivity contribution >= 4 is 15.7 Å². The van der Waals surface area contributed by atoms with E-state index in [1.54, 1.807) is 0 Å². The van der Waals surface area contributed by atoms with Crippen LogP contribution in [0.4, 0.5) is 0 Å². The molecule has 1 heterocycles. The lowest BCUT2D eigenvalue weighted by Crippen LogP contribution is -2.47. The van der Waals surface area contributed by atoms with Crippen LogP contribution in [0.5, 0.6) is 0 Å². The number of amides is 1. The minimum atomic E-state index is -3.15. The summed E-state index contributed by atoms with van der Waals surface area (Å²) < 4.78 is 26.8. The Bertz CT molecular complexity index is 363. The first-order valence-electron chi connectivity index (χ1n) is 4.40. The van der Waals surface area contributed by atoms with Crippen LogP contribution in [-0.2, 0) is 19.4 Å². The van der Waals surface area contributed by atoms with Crippen molar-refractivity contribution in [3.63, 3.8) is 0 Å². The Kier molecular flexibility index (Phi) is 3.83. The molecule has 3 N–H and O–H groups in total. The van der Waals surface area contributed by atoms with Gasteiger partial charge in [-0.2, -0.15) is 0 Å². The molecule has 0 aliphatic carbocycles. The summed E-state index contributed by atoms with van der Waals surface area (Å²) in [6.45, 7) is 0.106. The lowest BCUT2D eigenvalue weighted by atomic mass is 10.2. The maximum Gasteiger partial charge on any atom is 0.239 e. The van der Waals surface area contributed by atoms with Gasteiger partial charge < -0.3 is 15.8 Å². The van der Waals surface area contributed by atoms with E-state index in [-0.39, 0.29) is 12.4 Å². The van der Waals surface area contributed by atoms with Crippen molar-refractivity contribution in [2.45, 2.75) is 12.1 Å². The van der Waals surface area contributed by atoms with Crippen LogP contribution in [0.3, 0.4) is 0 Å². The van der Waals surface area contributed by atoms with Crippen LogP contribution >= 0.6 is 0 Å². The highest BCUT2D eigenvalue weighted by Crippen LogP contribution is 2.07. The Labute approximate surface area is 88.4 Å². The molecule has 0 saturated carbocycles. The van der Waals surface area contributed by atoms with E-state index in [2.05, 4.69) is 5.32 Å². The molecule has 15 heavy (non-hydrogen) atoms. The predicted molar refractivity (Wildman–Crippen MR) is 54.7 cm³/mol. The molecule has 0 aromatic carbocycles. The Balaban J connectivity index is 2.44. The number of sulfone groups is 1. The van der Waals surface area contributed by atoms with Crippen molar-refractivity contribution in [2.24, 2.45) is 5.73 Å². The van der Waals surface area contributed by atoms with Gasteiger partial charge in [-0.3, -0.25) is 4.79 Å². The summed E-state index contributed by atoms with van der Waals surface area (Å²) in [7, 11) is -1.71. The molecule has 0 aromatic rings. The van der Waals surface area contributed by atoms with E-state index in [0.717, 1.165) is 5.41 Å². The number of nitrogens with one attached hydrogen (secondary N) is 1. The van der Waals surface area contributed by atoms with Gasteiger partial charge in [-0.1, -0.05) is 0 Å². The molecule has 1 aliphatic rings. The van der Waals surface area contributed by atoms with Crippen LogP contribution in [0.25, 0.3) is 0 Å². The van der Waals surface area contributed by atoms with E-state index in [1.165, 1.54) is 13.2 Å². The molecule has 0 spiro atoms. The molecule has 0 fully saturated rings. The lowest BCUT2D eigenvalue weighted by molar-refractivity contribution is -0.123. The first kappa shape index (κ1) is 12.2. The fourth-order valence-electron chi connectivity index (χ4n) is 1.21. The predicted octanol–water partition coefficient (Wildman–Crippen LogP) is -1.61. The standard InChI is InChI=1S/C8H14N2O4S/c1-14-4-7(9)8(11)10-6-2-3-15(12,13)5-6/h2-3,6-7H,4-5,9H2,1H3,(H,10,11). The lowest BCUT2D eigenvalue weighted by Gasteiger charge is -2.14. The topological polar surface area (TPSA) is 98.5 Å². The van der Waals surface area contributed by atoms with Crippen LogP contribution in [0.15, 0.2) is 11.5 Å². The normalized spacial score (nSPS) is 25.1. The number of nitrogens with two attached hydrogens (primary N) is 1. The zero-order valence-electron chi connectivity index (χ0n) is 8.34. The fraction of sp³-hybridized carbons (Fsp3) is 0.625. The third-order valence-electron chi connectivity index (χ3n) is 1.94. The van der Waals surface area contributed by atoms with Crippen molar-refractivity contribution in [1.29, 1.82) is 0 Å². The van der Waals surface area contributed by atoms with E-state index in [1.807, 2.05) is 0 Å². The second kappa shape index (κ2) is 4.73. The summed E-state index contributed by atoms with van der Waals surface area (Å²) in [4.78, 5) is 11.4. The van der Waals surface area contributed by atoms with Crippen LogP contribution in [-0.4, -0.2) is 45.9 Å². The van der Waals surface area contributed by atoms with Gasteiger partial charge in [0.2, 0.25) is 5.91 Å². The average molecular weight is 234 g/mol. The second-order valence-corrected chi connectivity index (χ2v) is 5.27. The largest absolute Gasteiger partial charge is 0.383 e. The summed E-state index contributed by atoms with van der Waals surface area (Å²) in [6.07, 6.45) is 1.44. The summed E-state index contributed by atoms with van der Waals surface area (Å²) in [6, 6.07) is -1.25. The van der Waals surface area contributed by atoms with Crippen molar-refractivity contribution < 1.29 is 17.9 Å². The minimum Gasteiger partial charge on any atom is -0.383 e. The van der Waals surface area contributed by atoms with Gasteiger partial charge in [0.15, 0.2) is 9.84 Å². The highest BCUT2D eigenvalue weighted by Gasteiger charge is 2.24. The molecule has 1 amide bonds. The van der Waals surface area contributed by atoms with Crippen molar-refractivity contribution in [3.05, 3.63) is 11.5 Å². The first-order chi connectivity index (χ1) is 6.94. The highest BCUT2D eigenvalue weighted by atomic mass is 32.2. The van der Waals surface area contributed by atoms with Gasteiger partial charge in [-0.05, 0) is 6.08 Å². The zero-order valence-corrected chi connectivity index (χ0v) is 9.16. The maximum atomic E-state index is 11.4. The van der Waals surface area contributed by atoms with Gasteiger partial charge >= 0.3 is 0 Å². The Morgan fingerprint density at radius 3 is 2.87 bits per heavy atom. The van der Waals surface area contributed by atoms with Crippen molar-refractivity contribution in [3.8, 4) is 0 Å².